The zero-order valence-electron chi connectivity index (χ0n) is 11.6. The minimum atomic E-state index is -0.863. The topological polar surface area (TPSA) is 41.5 Å². The van der Waals surface area contributed by atoms with E-state index in [2.05, 4.69) is 5.32 Å². The Morgan fingerprint density at radius 3 is 2.58 bits per heavy atom. The lowest BCUT2D eigenvalue weighted by molar-refractivity contribution is 0.00820. The van der Waals surface area contributed by atoms with Crippen molar-refractivity contribution in [3.8, 4) is 5.75 Å². The summed E-state index contributed by atoms with van der Waals surface area (Å²) in [5, 5.41) is 14.2. The van der Waals surface area contributed by atoms with E-state index in [1.807, 2.05) is 19.9 Å². The van der Waals surface area contributed by atoms with E-state index in [9.17, 15) is 5.11 Å². The Bertz CT molecular complexity index is 422. The first-order valence-corrected chi connectivity index (χ1v) is 7.19. The highest BCUT2D eigenvalue weighted by atomic mass is 35.5. The first-order valence-electron chi connectivity index (χ1n) is 6.43. The zero-order chi connectivity index (χ0) is 14.5. The molecule has 1 aromatic rings. The number of hydrogen-bond acceptors (Lipinski definition) is 3. The van der Waals surface area contributed by atoms with E-state index >= 15 is 0 Å². The highest BCUT2D eigenvalue weighted by Gasteiger charge is 2.20. The number of ether oxygens (including phenoxy) is 1. The maximum absolute atomic E-state index is 9.99. The van der Waals surface area contributed by atoms with Crippen LogP contribution in [0.4, 0.5) is 0 Å². The first-order chi connectivity index (χ1) is 8.89. The Morgan fingerprint density at radius 2 is 2.00 bits per heavy atom. The van der Waals surface area contributed by atoms with E-state index in [-0.39, 0.29) is 6.61 Å². The van der Waals surface area contributed by atoms with Gasteiger partial charge in [0.25, 0.3) is 0 Å². The van der Waals surface area contributed by atoms with Gasteiger partial charge in [-0.15, -0.1) is 0 Å². The lowest BCUT2D eigenvalue weighted by Gasteiger charge is -2.23. The minimum absolute atomic E-state index is 0.198. The Kier molecular flexibility index (Phi) is 6.40. The van der Waals surface area contributed by atoms with Gasteiger partial charge in [0.2, 0.25) is 0 Å². The smallest absolute Gasteiger partial charge is 0.142 e. The molecule has 0 aliphatic carbocycles. The molecule has 0 fully saturated rings. The molecule has 1 unspecified atom stereocenters. The number of aliphatic hydroxyl groups is 1. The van der Waals surface area contributed by atoms with Crippen LogP contribution in [0.2, 0.25) is 10.0 Å². The fraction of sp³-hybridized carbons (Fsp3) is 0.571. The van der Waals surface area contributed by atoms with E-state index in [4.69, 9.17) is 27.9 Å². The molecule has 1 rings (SSSR count). The van der Waals surface area contributed by atoms with Gasteiger partial charge < -0.3 is 15.2 Å². The SMILES string of the molecule is CCNCc1cc(Cl)cc(Cl)c1OCC(C)(O)CC. The van der Waals surface area contributed by atoms with Crippen LogP contribution in [0, 0.1) is 0 Å². The zero-order valence-corrected chi connectivity index (χ0v) is 13.1. The van der Waals surface area contributed by atoms with Gasteiger partial charge in [-0.3, -0.25) is 0 Å². The molecule has 0 amide bonds. The second kappa shape index (κ2) is 7.34. The van der Waals surface area contributed by atoms with Crippen LogP contribution in [-0.2, 0) is 6.54 Å². The molecule has 0 spiro atoms. The summed E-state index contributed by atoms with van der Waals surface area (Å²) in [7, 11) is 0. The van der Waals surface area contributed by atoms with Gasteiger partial charge >= 0.3 is 0 Å². The molecule has 0 bridgehead atoms. The second-order valence-corrected chi connectivity index (χ2v) is 5.64. The van der Waals surface area contributed by atoms with Crippen molar-refractivity contribution in [2.45, 2.75) is 39.3 Å². The van der Waals surface area contributed by atoms with Gasteiger partial charge in [0, 0.05) is 17.1 Å². The summed E-state index contributed by atoms with van der Waals surface area (Å²) < 4.78 is 5.70. The van der Waals surface area contributed by atoms with Gasteiger partial charge in [-0.2, -0.15) is 0 Å². The van der Waals surface area contributed by atoms with Gasteiger partial charge in [-0.1, -0.05) is 37.0 Å². The third-order valence-electron chi connectivity index (χ3n) is 2.94. The Morgan fingerprint density at radius 1 is 1.32 bits per heavy atom. The quantitative estimate of drug-likeness (QED) is 0.808. The maximum Gasteiger partial charge on any atom is 0.142 e. The highest BCUT2D eigenvalue weighted by molar-refractivity contribution is 6.35. The standard InChI is InChI=1S/C14H21Cl2NO2/c1-4-14(3,18)9-19-13-10(8-17-5-2)6-11(15)7-12(13)16/h6-7,17-18H,4-5,8-9H2,1-3H3. The normalized spacial score (nSPS) is 14.2. The van der Waals surface area contributed by atoms with Crippen molar-refractivity contribution < 1.29 is 9.84 Å². The van der Waals surface area contributed by atoms with Crippen molar-refractivity contribution in [1.29, 1.82) is 0 Å². The molecule has 1 aromatic carbocycles. The molecule has 108 valence electrons. The summed E-state index contributed by atoms with van der Waals surface area (Å²) in [4.78, 5) is 0. The van der Waals surface area contributed by atoms with Gasteiger partial charge in [0.15, 0.2) is 0 Å². The van der Waals surface area contributed by atoms with Crippen molar-refractivity contribution in [1.82, 2.24) is 5.32 Å². The van der Waals surface area contributed by atoms with Crippen molar-refractivity contribution in [2.24, 2.45) is 0 Å². The molecule has 1 atom stereocenters. The predicted octanol–water partition coefficient (Wildman–Crippen LogP) is 3.64. The van der Waals surface area contributed by atoms with E-state index in [0.29, 0.717) is 28.8 Å². The van der Waals surface area contributed by atoms with Gasteiger partial charge in [0.05, 0.1) is 10.6 Å². The fourth-order valence-electron chi connectivity index (χ4n) is 1.50. The molecule has 3 nitrogen and oxygen atoms in total. The Hall–Kier alpha value is -0.480. The summed E-state index contributed by atoms with van der Waals surface area (Å²) in [5.74, 6) is 0.584. The molecule has 0 saturated heterocycles. The van der Waals surface area contributed by atoms with Crippen LogP contribution in [-0.4, -0.2) is 23.9 Å². The average Bonchev–Trinajstić information content (AvgIpc) is 2.34. The third-order valence-corrected chi connectivity index (χ3v) is 3.44. The summed E-state index contributed by atoms with van der Waals surface area (Å²) >= 11 is 12.2. The Balaban J connectivity index is 2.91. The van der Waals surface area contributed by atoms with Gasteiger partial charge in [-0.05, 0) is 32.0 Å². The van der Waals surface area contributed by atoms with Crippen LogP contribution in [0.3, 0.4) is 0 Å². The van der Waals surface area contributed by atoms with Crippen molar-refractivity contribution in [3.63, 3.8) is 0 Å². The highest BCUT2D eigenvalue weighted by Crippen LogP contribution is 2.33. The summed E-state index contributed by atoms with van der Waals surface area (Å²) in [6, 6.07) is 3.47. The number of rotatable bonds is 7. The van der Waals surface area contributed by atoms with Crippen molar-refractivity contribution in [3.05, 3.63) is 27.7 Å². The summed E-state index contributed by atoms with van der Waals surface area (Å²) in [5.41, 5.74) is 0.0320. The van der Waals surface area contributed by atoms with Crippen LogP contribution in [0.25, 0.3) is 0 Å². The molecule has 19 heavy (non-hydrogen) atoms. The second-order valence-electron chi connectivity index (χ2n) is 4.80. The van der Waals surface area contributed by atoms with E-state index in [1.165, 1.54) is 0 Å². The summed E-state index contributed by atoms with van der Waals surface area (Å²) in [6.07, 6.45) is 0.612. The monoisotopic (exact) mass is 305 g/mol. The maximum atomic E-state index is 9.99. The van der Waals surface area contributed by atoms with Crippen molar-refractivity contribution >= 4 is 23.2 Å². The van der Waals surface area contributed by atoms with Crippen LogP contribution in [0.15, 0.2) is 12.1 Å². The molecule has 0 heterocycles. The summed E-state index contributed by atoms with van der Waals surface area (Å²) in [6.45, 7) is 7.34. The van der Waals surface area contributed by atoms with E-state index < -0.39 is 5.60 Å². The molecule has 0 saturated carbocycles. The van der Waals surface area contributed by atoms with Gasteiger partial charge in [-0.25, -0.2) is 0 Å². The molecule has 0 aromatic heterocycles. The minimum Gasteiger partial charge on any atom is -0.489 e. The van der Waals surface area contributed by atoms with Gasteiger partial charge in [0.1, 0.15) is 12.4 Å². The number of hydrogen-bond donors (Lipinski definition) is 2. The first kappa shape index (κ1) is 16.6. The molecular formula is C14H21Cl2NO2. The largest absolute Gasteiger partial charge is 0.489 e. The van der Waals surface area contributed by atoms with Crippen LogP contribution < -0.4 is 10.1 Å². The van der Waals surface area contributed by atoms with Crippen molar-refractivity contribution in [2.75, 3.05) is 13.2 Å². The predicted molar refractivity (Wildman–Crippen MR) is 80.3 cm³/mol. The molecule has 5 heteroatoms. The molecule has 0 aliphatic heterocycles. The van der Waals surface area contributed by atoms with Crippen LogP contribution in [0.5, 0.6) is 5.75 Å². The third kappa shape index (κ3) is 5.19. The fourth-order valence-corrected chi connectivity index (χ4v) is 2.09. The molecule has 2 N–H and O–H groups in total. The van der Waals surface area contributed by atoms with E-state index in [0.717, 1.165) is 12.1 Å². The molecular weight excluding hydrogens is 285 g/mol. The lowest BCUT2D eigenvalue weighted by atomic mass is 10.1. The number of benzene rings is 1. The lowest BCUT2D eigenvalue weighted by Crippen LogP contribution is -2.31. The van der Waals surface area contributed by atoms with Crippen LogP contribution >= 0.6 is 23.2 Å². The number of nitrogens with one attached hydrogen (secondary N) is 1. The molecule has 0 aliphatic rings. The van der Waals surface area contributed by atoms with E-state index in [1.54, 1.807) is 13.0 Å². The number of halogens is 2. The molecule has 0 radical (unpaired) electrons. The Labute approximate surface area is 124 Å². The average molecular weight is 306 g/mol. The van der Waals surface area contributed by atoms with Crippen LogP contribution in [0.1, 0.15) is 32.8 Å².